The maximum Gasteiger partial charge on any atom is 0.305 e. The van der Waals surface area contributed by atoms with Crippen molar-refractivity contribution in [1.82, 2.24) is 10.9 Å². The summed E-state index contributed by atoms with van der Waals surface area (Å²) in [7, 11) is 0. The Kier molecular flexibility index (Phi) is 2.47. The first-order chi connectivity index (χ1) is 5.70. The SMILES string of the molecule is CC(=O)NNC(=O)c1ccco1. The lowest BCUT2D eigenvalue weighted by molar-refractivity contribution is -0.119. The van der Waals surface area contributed by atoms with Crippen LogP contribution in [0, 0.1) is 0 Å². The van der Waals surface area contributed by atoms with E-state index < -0.39 is 5.91 Å². The molecule has 5 heteroatoms. The van der Waals surface area contributed by atoms with E-state index >= 15 is 0 Å². The van der Waals surface area contributed by atoms with Gasteiger partial charge in [-0.1, -0.05) is 0 Å². The average molecular weight is 168 g/mol. The molecule has 5 nitrogen and oxygen atoms in total. The van der Waals surface area contributed by atoms with E-state index in [1.54, 1.807) is 6.07 Å². The quantitative estimate of drug-likeness (QED) is 0.582. The zero-order valence-electron chi connectivity index (χ0n) is 6.46. The maximum absolute atomic E-state index is 11.0. The van der Waals surface area contributed by atoms with Crippen LogP contribution in [0.3, 0.4) is 0 Å². The highest BCUT2D eigenvalue weighted by Gasteiger charge is 2.06. The van der Waals surface area contributed by atoms with Crippen LogP contribution in [0.5, 0.6) is 0 Å². The molecule has 0 saturated carbocycles. The van der Waals surface area contributed by atoms with Gasteiger partial charge in [0.1, 0.15) is 0 Å². The third kappa shape index (κ3) is 2.12. The Morgan fingerprint density at radius 3 is 2.67 bits per heavy atom. The summed E-state index contributed by atoms with van der Waals surface area (Å²) >= 11 is 0. The molecule has 0 fully saturated rings. The normalized spacial score (nSPS) is 9.08. The summed E-state index contributed by atoms with van der Waals surface area (Å²) in [5.41, 5.74) is 4.29. The smallest absolute Gasteiger partial charge is 0.305 e. The number of hydrazine groups is 1. The van der Waals surface area contributed by atoms with Gasteiger partial charge < -0.3 is 4.42 Å². The molecular weight excluding hydrogens is 160 g/mol. The predicted molar refractivity (Wildman–Crippen MR) is 40.0 cm³/mol. The van der Waals surface area contributed by atoms with Gasteiger partial charge in [-0.2, -0.15) is 0 Å². The van der Waals surface area contributed by atoms with Gasteiger partial charge in [-0.15, -0.1) is 0 Å². The van der Waals surface area contributed by atoms with Crippen LogP contribution in [-0.4, -0.2) is 11.8 Å². The topological polar surface area (TPSA) is 71.3 Å². The van der Waals surface area contributed by atoms with E-state index in [1.165, 1.54) is 19.3 Å². The van der Waals surface area contributed by atoms with Gasteiger partial charge in [0, 0.05) is 6.92 Å². The monoisotopic (exact) mass is 168 g/mol. The molecular formula is C7H8N2O3. The molecule has 64 valence electrons. The Hall–Kier alpha value is -1.78. The van der Waals surface area contributed by atoms with Crippen molar-refractivity contribution in [3.63, 3.8) is 0 Å². The summed E-state index contributed by atoms with van der Waals surface area (Å²) < 4.78 is 4.76. The Morgan fingerprint density at radius 2 is 2.17 bits per heavy atom. The van der Waals surface area contributed by atoms with Gasteiger partial charge in [0.05, 0.1) is 6.26 Å². The number of hydrogen-bond acceptors (Lipinski definition) is 3. The molecule has 0 saturated heterocycles. The Balaban J connectivity index is 2.45. The molecule has 0 unspecified atom stereocenters. The molecule has 0 aliphatic heterocycles. The Morgan fingerprint density at radius 1 is 1.42 bits per heavy atom. The molecule has 1 rings (SSSR count). The number of hydrogen-bond donors (Lipinski definition) is 2. The van der Waals surface area contributed by atoms with Crippen LogP contribution in [0.2, 0.25) is 0 Å². The summed E-state index contributed by atoms with van der Waals surface area (Å²) in [6, 6.07) is 3.08. The molecule has 0 bridgehead atoms. The molecule has 0 aliphatic carbocycles. The number of rotatable bonds is 1. The summed E-state index contributed by atoms with van der Waals surface area (Å²) in [4.78, 5) is 21.4. The van der Waals surface area contributed by atoms with Crippen LogP contribution in [-0.2, 0) is 4.79 Å². The van der Waals surface area contributed by atoms with E-state index in [9.17, 15) is 9.59 Å². The largest absolute Gasteiger partial charge is 0.459 e. The molecule has 0 aliphatic rings. The zero-order chi connectivity index (χ0) is 8.97. The van der Waals surface area contributed by atoms with E-state index in [1.807, 2.05) is 0 Å². The Labute approximate surface area is 68.7 Å². The third-order valence-electron chi connectivity index (χ3n) is 1.10. The van der Waals surface area contributed by atoms with Crippen LogP contribution < -0.4 is 10.9 Å². The van der Waals surface area contributed by atoms with E-state index in [0.29, 0.717) is 0 Å². The summed E-state index contributed by atoms with van der Waals surface area (Å²) in [5.74, 6) is -0.658. The molecule has 1 aromatic heterocycles. The lowest BCUT2D eigenvalue weighted by Gasteiger charge is -2.00. The summed E-state index contributed by atoms with van der Waals surface area (Å²) in [6.45, 7) is 1.29. The average Bonchev–Trinajstić information content (AvgIpc) is 2.51. The van der Waals surface area contributed by atoms with E-state index in [0.717, 1.165) is 0 Å². The molecule has 2 amide bonds. The summed E-state index contributed by atoms with van der Waals surface area (Å²) in [6.07, 6.45) is 1.38. The molecule has 1 heterocycles. The number of carbonyl (C=O) groups excluding carboxylic acids is 2. The minimum absolute atomic E-state index is 0.156. The lowest BCUT2D eigenvalue weighted by atomic mass is 10.4. The van der Waals surface area contributed by atoms with Crippen LogP contribution in [0.1, 0.15) is 17.5 Å². The zero-order valence-corrected chi connectivity index (χ0v) is 6.46. The fourth-order valence-corrected chi connectivity index (χ4v) is 0.614. The minimum atomic E-state index is -0.477. The Bertz CT molecular complexity index is 279. The number of amides is 2. The molecule has 12 heavy (non-hydrogen) atoms. The van der Waals surface area contributed by atoms with Crippen LogP contribution in [0.25, 0.3) is 0 Å². The standard InChI is InChI=1S/C7H8N2O3/c1-5(10)8-9-7(11)6-3-2-4-12-6/h2-4H,1H3,(H,8,10)(H,9,11). The predicted octanol–water partition coefficient (Wildman–Crippen LogP) is 0.0605. The van der Waals surface area contributed by atoms with Crippen molar-refractivity contribution in [3.05, 3.63) is 24.2 Å². The highest BCUT2D eigenvalue weighted by Crippen LogP contribution is 1.97. The second-order valence-corrected chi connectivity index (χ2v) is 2.11. The van der Waals surface area contributed by atoms with Crippen LogP contribution >= 0.6 is 0 Å². The number of furan rings is 1. The highest BCUT2D eigenvalue weighted by molar-refractivity contribution is 5.92. The van der Waals surface area contributed by atoms with E-state index in [2.05, 4.69) is 10.9 Å². The van der Waals surface area contributed by atoms with Crippen LogP contribution in [0.15, 0.2) is 22.8 Å². The second kappa shape index (κ2) is 3.56. The highest BCUT2D eigenvalue weighted by atomic mass is 16.3. The third-order valence-corrected chi connectivity index (χ3v) is 1.10. The van der Waals surface area contributed by atoms with Gasteiger partial charge in [0.15, 0.2) is 5.76 Å². The van der Waals surface area contributed by atoms with Gasteiger partial charge in [-0.05, 0) is 12.1 Å². The maximum atomic E-state index is 11.0. The fourth-order valence-electron chi connectivity index (χ4n) is 0.614. The molecule has 1 aromatic rings. The van der Waals surface area contributed by atoms with Crippen molar-refractivity contribution in [3.8, 4) is 0 Å². The van der Waals surface area contributed by atoms with Gasteiger partial charge in [-0.25, -0.2) is 0 Å². The van der Waals surface area contributed by atoms with Crippen molar-refractivity contribution in [2.24, 2.45) is 0 Å². The van der Waals surface area contributed by atoms with Crippen molar-refractivity contribution < 1.29 is 14.0 Å². The molecule has 0 radical (unpaired) electrons. The van der Waals surface area contributed by atoms with Crippen LogP contribution in [0.4, 0.5) is 0 Å². The first-order valence-corrected chi connectivity index (χ1v) is 3.30. The van der Waals surface area contributed by atoms with Crippen molar-refractivity contribution in [1.29, 1.82) is 0 Å². The molecule has 0 aromatic carbocycles. The molecule has 0 atom stereocenters. The van der Waals surface area contributed by atoms with E-state index in [-0.39, 0.29) is 11.7 Å². The van der Waals surface area contributed by atoms with Gasteiger partial charge in [-0.3, -0.25) is 20.4 Å². The first kappa shape index (κ1) is 8.32. The number of nitrogens with one attached hydrogen (secondary N) is 2. The van der Waals surface area contributed by atoms with Crippen molar-refractivity contribution >= 4 is 11.8 Å². The van der Waals surface area contributed by atoms with Gasteiger partial charge in [0.25, 0.3) is 0 Å². The van der Waals surface area contributed by atoms with Crippen molar-refractivity contribution in [2.45, 2.75) is 6.92 Å². The number of carbonyl (C=O) groups is 2. The van der Waals surface area contributed by atoms with Gasteiger partial charge in [0.2, 0.25) is 5.91 Å². The second-order valence-electron chi connectivity index (χ2n) is 2.11. The molecule has 0 spiro atoms. The fraction of sp³-hybridized carbons (Fsp3) is 0.143. The minimum Gasteiger partial charge on any atom is -0.459 e. The van der Waals surface area contributed by atoms with Gasteiger partial charge >= 0.3 is 5.91 Å². The summed E-state index contributed by atoms with van der Waals surface area (Å²) in [5, 5.41) is 0. The molecule has 2 N–H and O–H groups in total. The first-order valence-electron chi connectivity index (χ1n) is 3.30. The van der Waals surface area contributed by atoms with E-state index in [4.69, 9.17) is 4.42 Å². The van der Waals surface area contributed by atoms with Crippen molar-refractivity contribution in [2.75, 3.05) is 0 Å². The lowest BCUT2D eigenvalue weighted by Crippen LogP contribution is -2.40.